The SMILES string of the molecule is CC(=O)Nc1ccc(S(=O)(=O)N/N=C/c2ccc(OCc3cccc(Cl)c3)cc2)cc1. The molecule has 7 nitrogen and oxygen atoms in total. The summed E-state index contributed by atoms with van der Waals surface area (Å²) >= 11 is 5.96. The van der Waals surface area contributed by atoms with E-state index in [2.05, 4.69) is 15.2 Å². The molecule has 0 aliphatic heterocycles. The van der Waals surface area contributed by atoms with Crippen LogP contribution in [0.3, 0.4) is 0 Å². The van der Waals surface area contributed by atoms with Crippen molar-refractivity contribution in [3.8, 4) is 5.75 Å². The molecule has 0 saturated carbocycles. The Bertz CT molecular complexity index is 1180. The minimum atomic E-state index is -3.82. The van der Waals surface area contributed by atoms with Crippen LogP contribution in [0.15, 0.2) is 82.8 Å². The van der Waals surface area contributed by atoms with Crippen LogP contribution in [0, 0.1) is 0 Å². The van der Waals surface area contributed by atoms with Crippen LogP contribution in [-0.2, 0) is 21.4 Å². The number of rotatable bonds is 8. The lowest BCUT2D eigenvalue weighted by atomic mass is 10.2. The minimum Gasteiger partial charge on any atom is -0.489 e. The molecule has 3 rings (SSSR count). The smallest absolute Gasteiger partial charge is 0.276 e. The molecule has 9 heteroatoms. The van der Waals surface area contributed by atoms with Gasteiger partial charge in [-0.15, -0.1) is 0 Å². The Balaban J connectivity index is 1.55. The highest BCUT2D eigenvalue weighted by Crippen LogP contribution is 2.16. The molecule has 0 aliphatic carbocycles. The Morgan fingerprint density at radius 1 is 1.06 bits per heavy atom. The molecule has 0 atom stereocenters. The van der Waals surface area contributed by atoms with Crippen molar-refractivity contribution in [1.29, 1.82) is 0 Å². The molecule has 0 bridgehead atoms. The van der Waals surface area contributed by atoms with Crippen molar-refractivity contribution in [2.45, 2.75) is 18.4 Å². The molecule has 3 aromatic carbocycles. The Morgan fingerprint density at radius 3 is 2.42 bits per heavy atom. The maximum atomic E-state index is 12.3. The average Bonchev–Trinajstić information content (AvgIpc) is 2.73. The molecular formula is C22H20ClN3O4S. The number of halogens is 1. The maximum Gasteiger partial charge on any atom is 0.276 e. The van der Waals surface area contributed by atoms with E-state index >= 15 is 0 Å². The molecule has 1 amide bonds. The van der Waals surface area contributed by atoms with E-state index in [1.165, 1.54) is 37.4 Å². The summed E-state index contributed by atoms with van der Waals surface area (Å²) in [5.74, 6) is 0.427. The van der Waals surface area contributed by atoms with Crippen LogP contribution >= 0.6 is 11.6 Å². The van der Waals surface area contributed by atoms with Gasteiger partial charge in [-0.1, -0.05) is 23.7 Å². The van der Waals surface area contributed by atoms with E-state index in [0.29, 0.717) is 28.6 Å². The number of nitrogens with zero attached hydrogens (tertiary/aromatic N) is 1. The number of carbonyl (C=O) groups is 1. The lowest BCUT2D eigenvalue weighted by Crippen LogP contribution is -2.18. The normalized spacial score (nSPS) is 11.3. The zero-order chi connectivity index (χ0) is 22.3. The summed E-state index contributed by atoms with van der Waals surface area (Å²) in [7, 11) is -3.82. The number of amides is 1. The monoisotopic (exact) mass is 457 g/mol. The van der Waals surface area contributed by atoms with Gasteiger partial charge >= 0.3 is 0 Å². The molecule has 0 aromatic heterocycles. The summed E-state index contributed by atoms with van der Waals surface area (Å²) in [6, 6.07) is 20.2. The summed E-state index contributed by atoms with van der Waals surface area (Å²) in [6.07, 6.45) is 1.39. The topological polar surface area (TPSA) is 96.9 Å². The molecule has 0 heterocycles. The summed E-state index contributed by atoms with van der Waals surface area (Å²) < 4.78 is 30.3. The number of hydrazone groups is 1. The van der Waals surface area contributed by atoms with Crippen LogP contribution in [0.1, 0.15) is 18.1 Å². The predicted molar refractivity (Wildman–Crippen MR) is 121 cm³/mol. The number of sulfonamides is 1. The predicted octanol–water partition coefficient (Wildman–Crippen LogP) is 4.19. The fourth-order valence-electron chi connectivity index (χ4n) is 2.59. The number of anilines is 1. The molecule has 3 aromatic rings. The minimum absolute atomic E-state index is 0.0310. The fourth-order valence-corrected chi connectivity index (χ4v) is 3.59. The van der Waals surface area contributed by atoms with Gasteiger partial charge in [0.2, 0.25) is 5.91 Å². The fraction of sp³-hybridized carbons (Fsp3) is 0.0909. The lowest BCUT2D eigenvalue weighted by molar-refractivity contribution is -0.114. The number of carbonyl (C=O) groups excluding carboxylic acids is 1. The highest BCUT2D eigenvalue weighted by atomic mass is 35.5. The lowest BCUT2D eigenvalue weighted by Gasteiger charge is -2.07. The second-order valence-electron chi connectivity index (χ2n) is 6.55. The molecule has 2 N–H and O–H groups in total. The van der Waals surface area contributed by atoms with Crippen molar-refractivity contribution in [1.82, 2.24) is 4.83 Å². The number of ether oxygens (including phenoxy) is 1. The van der Waals surface area contributed by atoms with Crippen LogP contribution in [0.4, 0.5) is 5.69 Å². The third kappa shape index (κ3) is 6.84. The summed E-state index contributed by atoms with van der Waals surface area (Å²) in [5, 5.41) is 7.03. The average molecular weight is 458 g/mol. The first kappa shape index (κ1) is 22.3. The van der Waals surface area contributed by atoms with Crippen molar-refractivity contribution in [3.05, 3.63) is 88.9 Å². The molecule has 0 unspecified atom stereocenters. The second kappa shape index (κ2) is 10.1. The van der Waals surface area contributed by atoms with Gasteiger partial charge in [-0.05, 0) is 71.8 Å². The summed E-state index contributed by atoms with van der Waals surface area (Å²) in [5.41, 5.74) is 2.16. The number of hydrogen-bond acceptors (Lipinski definition) is 5. The quantitative estimate of drug-likeness (QED) is 0.391. The zero-order valence-electron chi connectivity index (χ0n) is 16.6. The van der Waals surface area contributed by atoms with Crippen LogP contribution < -0.4 is 14.9 Å². The van der Waals surface area contributed by atoms with Gasteiger partial charge in [0.15, 0.2) is 0 Å². The Kier molecular flexibility index (Phi) is 7.28. The Labute approximate surface area is 185 Å². The first-order chi connectivity index (χ1) is 14.8. The highest BCUT2D eigenvalue weighted by molar-refractivity contribution is 7.89. The van der Waals surface area contributed by atoms with E-state index in [0.717, 1.165) is 5.56 Å². The molecule has 0 radical (unpaired) electrons. The van der Waals surface area contributed by atoms with Gasteiger partial charge in [0.25, 0.3) is 10.0 Å². The molecule has 0 fully saturated rings. The van der Waals surface area contributed by atoms with Gasteiger partial charge in [-0.3, -0.25) is 4.79 Å². The first-order valence-electron chi connectivity index (χ1n) is 9.22. The van der Waals surface area contributed by atoms with Crippen molar-refractivity contribution in [3.63, 3.8) is 0 Å². The summed E-state index contributed by atoms with van der Waals surface area (Å²) in [4.78, 5) is 13.2. The standard InChI is InChI=1S/C22H20ClN3O4S/c1-16(27)25-20-7-11-22(12-8-20)31(28,29)26-24-14-17-5-9-21(10-6-17)30-15-18-3-2-4-19(23)13-18/h2-14,26H,15H2,1H3,(H,25,27)/b24-14+. The third-order valence-electron chi connectivity index (χ3n) is 4.05. The molecule has 0 spiro atoms. The zero-order valence-corrected chi connectivity index (χ0v) is 18.2. The Hall–Kier alpha value is -3.36. The van der Waals surface area contributed by atoms with Crippen LogP contribution in [0.5, 0.6) is 5.75 Å². The molecule has 31 heavy (non-hydrogen) atoms. The number of hydrogen-bond donors (Lipinski definition) is 2. The molecular weight excluding hydrogens is 438 g/mol. The van der Waals surface area contributed by atoms with Crippen LogP contribution in [-0.4, -0.2) is 20.5 Å². The van der Waals surface area contributed by atoms with E-state index in [1.54, 1.807) is 30.3 Å². The van der Waals surface area contributed by atoms with E-state index in [-0.39, 0.29) is 10.8 Å². The number of nitrogens with one attached hydrogen (secondary N) is 2. The van der Waals surface area contributed by atoms with Crippen molar-refractivity contribution in [2.75, 3.05) is 5.32 Å². The first-order valence-corrected chi connectivity index (χ1v) is 11.1. The van der Waals surface area contributed by atoms with Gasteiger partial charge in [0.05, 0.1) is 11.1 Å². The van der Waals surface area contributed by atoms with Gasteiger partial charge in [-0.2, -0.15) is 13.5 Å². The van der Waals surface area contributed by atoms with E-state index in [4.69, 9.17) is 16.3 Å². The molecule has 0 aliphatic rings. The van der Waals surface area contributed by atoms with Gasteiger partial charge in [-0.25, -0.2) is 4.83 Å². The van der Waals surface area contributed by atoms with E-state index in [9.17, 15) is 13.2 Å². The van der Waals surface area contributed by atoms with E-state index in [1.807, 2.05) is 18.2 Å². The third-order valence-corrected chi connectivity index (χ3v) is 5.52. The van der Waals surface area contributed by atoms with Crippen molar-refractivity contribution >= 4 is 39.4 Å². The van der Waals surface area contributed by atoms with Crippen LogP contribution in [0.2, 0.25) is 5.02 Å². The van der Waals surface area contributed by atoms with Gasteiger partial charge in [0.1, 0.15) is 12.4 Å². The number of benzene rings is 3. The second-order valence-corrected chi connectivity index (χ2v) is 8.64. The van der Waals surface area contributed by atoms with Crippen LogP contribution in [0.25, 0.3) is 0 Å². The maximum absolute atomic E-state index is 12.3. The van der Waals surface area contributed by atoms with Gasteiger partial charge < -0.3 is 10.1 Å². The largest absolute Gasteiger partial charge is 0.489 e. The van der Waals surface area contributed by atoms with Crippen molar-refractivity contribution in [2.24, 2.45) is 5.10 Å². The Morgan fingerprint density at radius 2 is 1.77 bits per heavy atom. The van der Waals surface area contributed by atoms with Crippen molar-refractivity contribution < 1.29 is 17.9 Å². The van der Waals surface area contributed by atoms with E-state index < -0.39 is 10.0 Å². The molecule has 160 valence electrons. The summed E-state index contributed by atoms with van der Waals surface area (Å²) in [6.45, 7) is 1.76. The highest BCUT2D eigenvalue weighted by Gasteiger charge is 2.12. The molecule has 0 saturated heterocycles. The van der Waals surface area contributed by atoms with Gasteiger partial charge in [0, 0.05) is 17.6 Å².